The fourth-order valence-electron chi connectivity index (χ4n) is 3.41. The molecule has 4 nitrogen and oxygen atoms in total. The van der Waals surface area contributed by atoms with E-state index in [9.17, 15) is 9.59 Å². The van der Waals surface area contributed by atoms with Crippen molar-refractivity contribution in [3.63, 3.8) is 0 Å². The molecule has 0 bridgehead atoms. The Morgan fingerprint density at radius 1 is 1.33 bits per heavy atom. The lowest BCUT2D eigenvalue weighted by atomic mass is 9.94. The van der Waals surface area contributed by atoms with Crippen molar-refractivity contribution in [1.82, 2.24) is 10.2 Å². The number of hydrogen-bond donors (Lipinski definition) is 1. The summed E-state index contributed by atoms with van der Waals surface area (Å²) < 4.78 is 0. The molecule has 1 saturated heterocycles. The van der Waals surface area contributed by atoms with Crippen LogP contribution in [0.5, 0.6) is 0 Å². The number of nitrogens with one attached hydrogen (secondary N) is 1. The van der Waals surface area contributed by atoms with Crippen molar-refractivity contribution >= 4 is 11.8 Å². The molecule has 1 N–H and O–H groups in total. The second-order valence-corrected chi connectivity index (χ2v) is 6.56. The van der Waals surface area contributed by atoms with E-state index in [2.05, 4.69) is 5.32 Å². The molecule has 4 heteroatoms. The summed E-state index contributed by atoms with van der Waals surface area (Å²) in [4.78, 5) is 26.0. The third-order valence-electron chi connectivity index (χ3n) is 4.79. The first kappa shape index (κ1) is 12.0. The topological polar surface area (TPSA) is 49.4 Å². The van der Waals surface area contributed by atoms with E-state index in [1.165, 1.54) is 25.7 Å². The SMILES string of the molecule is CC(C)C1C(=O)NCC(=O)N1CC1(C2CC2)CC1. The van der Waals surface area contributed by atoms with Gasteiger partial charge >= 0.3 is 0 Å². The van der Waals surface area contributed by atoms with Crippen LogP contribution in [-0.2, 0) is 9.59 Å². The highest BCUT2D eigenvalue weighted by Crippen LogP contribution is 2.61. The van der Waals surface area contributed by atoms with Gasteiger partial charge in [-0.05, 0) is 42.9 Å². The molecular weight excluding hydrogens is 228 g/mol. The van der Waals surface area contributed by atoms with Crippen molar-refractivity contribution in [2.45, 2.75) is 45.6 Å². The molecule has 18 heavy (non-hydrogen) atoms. The van der Waals surface area contributed by atoms with Crippen molar-refractivity contribution < 1.29 is 9.59 Å². The summed E-state index contributed by atoms with van der Waals surface area (Å²) in [6, 6.07) is -0.262. The van der Waals surface area contributed by atoms with Gasteiger partial charge in [-0.2, -0.15) is 0 Å². The lowest BCUT2D eigenvalue weighted by Crippen LogP contribution is -2.61. The van der Waals surface area contributed by atoms with E-state index in [0.29, 0.717) is 5.41 Å². The lowest BCUT2D eigenvalue weighted by molar-refractivity contribution is -0.148. The molecule has 1 heterocycles. The third-order valence-corrected chi connectivity index (χ3v) is 4.79. The Morgan fingerprint density at radius 3 is 2.50 bits per heavy atom. The maximum Gasteiger partial charge on any atom is 0.243 e. The quantitative estimate of drug-likeness (QED) is 0.814. The molecule has 0 aromatic heterocycles. The molecule has 2 saturated carbocycles. The third kappa shape index (κ3) is 1.91. The van der Waals surface area contributed by atoms with Crippen LogP contribution in [0.4, 0.5) is 0 Å². The van der Waals surface area contributed by atoms with Gasteiger partial charge < -0.3 is 10.2 Å². The minimum atomic E-state index is -0.262. The zero-order valence-corrected chi connectivity index (χ0v) is 11.2. The second-order valence-electron chi connectivity index (χ2n) is 6.56. The van der Waals surface area contributed by atoms with Gasteiger partial charge in [-0.25, -0.2) is 0 Å². The molecule has 1 unspecified atom stereocenters. The van der Waals surface area contributed by atoms with Crippen LogP contribution in [0.1, 0.15) is 39.5 Å². The van der Waals surface area contributed by atoms with E-state index in [4.69, 9.17) is 0 Å². The van der Waals surface area contributed by atoms with E-state index in [1.807, 2.05) is 18.7 Å². The first-order valence-corrected chi connectivity index (χ1v) is 7.11. The van der Waals surface area contributed by atoms with Crippen LogP contribution in [0, 0.1) is 17.3 Å². The van der Waals surface area contributed by atoms with Crippen molar-refractivity contribution in [2.75, 3.05) is 13.1 Å². The molecular formula is C14H22N2O2. The predicted molar refractivity (Wildman–Crippen MR) is 67.7 cm³/mol. The summed E-state index contributed by atoms with van der Waals surface area (Å²) in [5.74, 6) is 1.13. The van der Waals surface area contributed by atoms with E-state index >= 15 is 0 Å². The smallest absolute Gasteiger partial charge is 0.243 e. The highest BCUT2D eigenvalue weighted by atomic mass is 16.2. The second kappa shape index (κ2) is 3.97. The van der Waals surface area contributed by atoms with E-state index in [0.717, 1.165) is 12.5 Å². The Morgan fingerprint density at radius 2 is 2.00 bits per heavy atom. The summed E-state index contributed by atoms with van der Waals surface area (Å²) in [6.45, 7) is 5.04. The number of amides is 2. The molecule has 2 aliphatic carbocycles. The summed E-state index contributed by atoms with van der Waals surface area (Å²) in [7, 11) is 0. The standard InChI is InChI=1S/C14H22N2O2/c1-9(2)12-13(18)15-7-11(17)16(12)8-14(5-6-14)10-3-4-10/h9-10,12H,3-8H2,1-2H3,(H,15,18). The molecule has 0 aromatic carbocycles. The minimum Gasteiger partial charge on any atom is -0.345 e. The average molecular weight is 250 g/mol. The largest absolute Gasteiger partial charge is 0.345 e. The van der Waals surface area contributed by atoms with Crippen molar-refractivity contribution in [2.24, 2.45) is 17.3 Å². The van der Waals surface area contributed by atoms with Crippen LogP contribution in [0.25, 0.3) is 0 Å². The maximum atomic E-state index is 12.1. The van der Waals surface area contributed by atoms with Gasteiger partial charge in [0.25, 0.3) is 0 Å². The minimum absolute atomic E-state index is 0.0243. The molecule has 3 fully saturated rings. The van der Waals surface area contributed by atoms with Crippen LogP contribution in [0.15, 0.2) is 0 Å². The van der Waals surface area contributed by atoms with Crippen LogP contribution >= 0.6 is 0 Å². The Labute approximate surface area is 108 Å². The van der Waals surface area contributed by atoms with Crippen molar-refractivity contribution in [3.05, 3.63) is 0 Å². The molecule has 1 aliphatic heterocycles. The Balaban J connectivity index is 1.77. The summed E-state index contributed by atoms with van der Waals surface area (Å²) in [5, 5.41) is 2.71. The van der Waals surface area contributed by atoms with Gasteiger partial charge in [0.15, 0.2) is 0 Å². The molecule has 1 atom stereocenters. The van der Waals surface area contributed by atoms with Gasteiger partial charge in [0.05, 0.1) is 6.54 Å². The summed E-state index contributed by atoms with van der Waals surface area (Å²) >= 11 is 0. The van der Waals surface area contributed by atoms with Gasteiger partial charge in [-0.3, -0.25) is 9.59 Å². The highest BCUT2D eigenvalue weighted by Gasteiger charge is 2.56. The van der Waals surface area contributed by atoms with Gasteiger partial charge in [0, 0.05) is 6.54 Å². The van der Waals surface area contributed by atoms with Crippen LogP contribution in [0.3, 0.4) is 0 Å². The Hall–Kier alpha value is -1.06. The highest BCUT2D eigenvalue weighted by molar-refractivity contribution is 5.95. The molecule has 100 valence electrons. The zero-order valence-electron chi connectivity index (χ0n) is 11.2. The fraction of sp³-hybridized carbons (Fsp3) is 0.857. The average Bonchev–Trinajstić information content (AvgIpc) is 3.12. The molecule has 0 spiro atoms. The van der Waals surface area contributed by atoms with E-state index in [-0.39, 0.29) is 30.3 Å². The van der Waals surface area contributed by atoms with Gasteiger partial charge in [0.2, 0.25) is 11.8 Å². The predicted octanol–water partition coefficient (Wildman–Crippen LogP) is 1.16. The maximum absolute atomic E-state index is 12.1. The first-order chi connectivity index (χ1) is 8.53. The van der Waals surface area contributed by atoms with E-state index < -0.39 is 0 Å². The van der Waals surface area contributed by atoms with Crippen LogP contribution in [0.2, 0.25) is 0 Å². The molecule has 2 amide bonds. The number of carbonyl (C=O) groups excluding carboxylic acids is 2. The van der Waals surface area contributed by atoms with Crippen molar-refractivity contribution in [1.29, 1.82) is 0 Å². The summed E-state index contributed by atoms with van der Waals surface area (Å²) in [5.41, 5.74) is 0.375. The molecule has 3 aliphatic rings. The lowest BCUT2D eigenvalue weighted by Gasteiger charge is -2.39. The number of carbonyl (C=O) groups is 2. The fourth-order valence-corrected chi connectivity index (χ4v) is 3.41. The van der Waals surface area contributed by atoms with Gasteiger partial charge in [0.1, 0.15) is 6.04 Å². The number of hydrogen-bond acceptors (Lipinski definition) is 2. The van der Waals surface area contributed by atoms with Gasteiger partial charge in [-0.15, -0.1) is 0 Å². The Kier molecular flexibility index (Phi) is 2.65. The zero-order chi connectivity index (χ0) is 12.9. The van der Waals surface area contributed by atoms with Crippen LogP contribution < -0.4 is 5.32 Å². The van der Waals surface area contributed by atoms with Gasteiger partial charge in [-0.1, -0.05) is 13.8 Å². The first-order valence-electron chi connectivity index (χ1n) is 7.11. The van der Waals surface area contributed by atoms with Crippen LogP contribution in [-0.4, -0.2) is 35.8 Å². The number of nitrogens with zero attached hydrogens (tertiary/aromatic N) is 1. The molecule has 3 rings (SSSR count). The number of piperazine rings is 1. The monoisotopic (exact) mass is 250 g/mol. The van der Waals surface area contributed by atoms with E-state index in [1.54, 1.807) is 0 Å². The normalized spacial score (nSPS) is 30.6. The molecule has 0 radical (unpaired) electrons. The molecule has 0 aromatic rings. The van der Waals surface area contributed by atoms with Crippen molar-refractivity contribution in [3.8, 4) is 0 Å². The number of rotatable bonds is 4. The Bertz CT molecular complexity index is 383. The summed E-state index contributed by atoms with van der Waals surface area (Å²) in [6.07, 6.45) is 5.13.